The van der Waals surface area contributed by atoms with E-state index < -0.39 is 0 Å². The standard InChI is InChI=1S/C14H19ClN2/c15-14-12(5-2-8-16-14)10-17-9-3-6-11-4-1-7-13(11)17/h2,5,8,11,13H,1,3-4,6-7,9-10H2. The van der Waals surface area contributed by atoms with E-state index in [4.69, 9.17) is 11.6 Å². The summed E-state index contributed by atoms with van der Waals surface area (Å²) in [5.74, 6) is 0.944. The zero-order valence-corrected chi connectivity index (χ0v) is 10.9. The molecule has 3 rings (SSSR count). The van der Waals surface area contributed by atoms with Gasteiger partial charge in [0.15, 0.2) is 0 Å². The molecule has 1 aliphatic heterocycles. The minimum absolute atomic E-state index is 0.674. The summed E-state index contributed by atoms with van der Waals surface area (Å²) in [6.45, 7) is 2.21. The molecule has 92 valence electrons. The SMILES string of the molecule is Clc1ncccc1CN1CCCC2CCCC21. The zero-order valence-electron chi connectivity index (χ0n) is 10.1. The lowest BCUT2D eigenvalue weighted by atomic mass is 9.92. The van der Waals surface area contributed by atoms with Gasteiger partial charge < -0.3 is 0 Å². The van der Waals surface area contributed by atoms with Crippen molar-refractivity contribution in [3.05, 3.63) is 29.0 Å². The molecule has 2 unspecified atom stereocenters. The first kappa shape index (κ1) is 11.5. The number of likely N-dealkylation sites (tertiary alicyclic amines) is 1. The molecule has 1 aromatic rings. The number of aromatic nitrogens is 1. The lowest BCUT2D eigenvalue weighted by Crippen LogP contribution is -2.41. The first-order chi connectivity index (χ1) is 8.34. The topological polar surface area (TPSA) is 16.1 Å². The van der Waals surface area contributed by atoms with E-state index >= 15 is 0 Å². The Morgan fingerprint density at radius 1 is 1.29 bits per heavy atom. The lowest BCUT2D eigenvalue weighted by molar-refractivity contribution is 0.106. The Morgan fingerprint density at radius 3 is 3.06 bits per heavy atom. The van der Waals surface area contributed by atoms with Gasteiger partial charge in [-0.25, -0.2) is 4.98 Å². The van der Waals surface area contributed by atoms with Crippen molar-refractivity contribution >= 4 is 11.6 Å². The summed E-state index contributed by atoms with van der Waals surface area (Å²) in [5.41, 5.74) is 1.18. The summed E-state index contributed by atoms with van der Waals surface area (Å²) in [4.78, 5) is 6.80. The van der Waals surface area contributed by atoms with E-state index in [1.807, 2.05) is 6.07 Å². The van der Waals surface area contributed by atoms with Gasteiger partial charge in [0, 0.05) is 24.3 Å². The van der Waals surface area contributed by atoms with Crippen molar-refractivity contribution in [2.45, 2.75) is 44.7 Å². The highest BCUT2D eigenvalue weighted by molar-refractivity contribution is 6.30. The number of nitrogens with zero attached hydrogens (tertiary/aromatic N) is 2. The van der Waals surface area contributed by atoms with E-state index in [1.165, 1.54) is 44.2 Å². The molecule has 0 radical (unpaired) electrons. The molecular formula is C14H19ClN2. The molecule has 2 heterocycles. The molecule has 1 aromatic heterocycles. The summed E-state index contributed by atoms with van der Waals surface area (Å²) >= 11 is 6.15. The molecule has 1 saturated heterocycles. The third-order valence-electron chi connectivity index (χ3n) is 4.32. The van der Waals surface area contributed by atoms with Crippen LogP contribution in [0.4, 0.5) is 0 Å². The largest absolute Gasteiger partial charge is 0.296 e. The van der Waals surface area contributed by atoms with Gasteiger partial charge in [-0.05, 0) is 44.2 Å². The first-order valence-electron chi connectivity index (χ1n) is 6.68. The van der Waals surface area contributed by atoms with Crippen molar-refractivity contribution in [1.29, 1.82) is 0 Å². The molecule has 0 N–H and O–H groups in total. The minimum atomic E-state index is 0.674. The van der Waals surface area contributed by atoms with Crippen molar-refractivity contribution in [3.8, 4) is 0 Å². The summed E-state index contributed by atoms with van der Waals surface area (Å²) in [7, 11) is 0. The third-order valence-corrected chi connectivity index (χ3v) is 4.66. The maximum Gasteiger partial charge on any atom is 0.133 e. The summed E-state index contributed by atoms with van der Waals surface area (Å²) in [6, 6.07) is 4.89. The Hall–Kier alpha value is -0.600. The second-order valence-corrected chi connectivity index (χ2v) is 5.68. The van der Waals surface area contributed by atoms with Crippen LogP contribution >= 0.6 is 11.6 Å². The van der Waals surface area contributed by atoms with Crippen molar-refractivity contribution in [3.63, 3.8) is 0 Å². The second kappa shape index (κ2) is 4.95. The highest BCUT2D eigenvalue weighted by Crippen LogP contribution is 2.37. The van der Waals surface area contributed by atoms with Crippen molar-refractivity contribution < 1.29 is 0 Å². The molecule has 17 heavy (non-hydrogen) atoms. The van der Waals surface area contributed by atoms with Gasteiger partial charge in [0.05, 0.1) is 0 Å². The number of hydrogen-bond acceptors (Lipinski definition) is 2. The van der Waals surface area contributed by atoms with E-state index in [9.17, 15) is 0 Å². The number of fused-ring (bicyclic) bond motifs is 1. The molecular weight excluding hydrogens is 232 g/mol. The number of hydrogen-bond donors (Lipinski definition) is 0. The van der Waals surface area contributed by atoms with Crippen LogP contribution in [0.1, 0.15) is 37.7 Å². The normalized spacial score (nSPS) is 29.2. The van der Waals surface area contributed by atoms with Gasteiger partial charge in [-0.3, -0.25) is 4.90 Å². The summed E-state index contributed by atoms with van der Waals surface area (Å²) in [6.07, 6.45) is 8.76. The van der Waals surface area contributed by atoms with Crippen molar-refractivity contribution in [1.82, 2.24) is 9.88 Å². The van der Waals surface area contributed by atoms with Crippen LogP contribution in [0.15, 0.2) is 18.3 Å². The molecule has 0 spiro atoms. The smallest absolute Gasteiger partial charge is 0.133 e. The maximum atomic E-state index is 6.15. The molecule has 0 aromatic carbocycles. The van der Waals surface area contributed by atoms with Crippen LogP contribution in [0.5, 0.6) is 0 Å². The van der Waals surface area contributed by atoms with Crippen LogP contribution in [0.3, 0.4) is 0 Å². The Kier molecular flexibility index (Phi) is 3.34. The molecule has 3 heteroatoms. The van der Waals surface area contributed by atoms with E-state index in [1.54, 1.807) is 6.20 Å². The van der Waals surface area contributed by atoms with Gasteiger partial charge in [0.1, 0.15) is 5.15 Å². The van der Waals surface area contributed by atoms with Gasteiger partial charge in [0.2, 0.25) is 0 Å². The molecule has 1 saturated carbocycles. The Bertz CT molecular complexity index is 394. The fourth-order valence-corrected chi connectivity index (χ4v) is 3.69. The van der Waals surface area contributed by atoms with Gasteiger partial charge in [-0.15, -0.1) is 0 Å². The molecule has 0 bridgehead atoms. The van der Waals surface area contributed by atoms with Crippen LogP contribution in [-0.2, 0) is 6.54 Å². The second-order valence-electron chi connectivity index (χ2n) is 5.32. The van der Waals surface area contributed by atoms with Crippen LogP contribution in [0.2, 0.25) is 5.15 Å². The average molecular weight is 251 g/mol. The average Bonchev–Trinajstić information content (AvgIpc) is 2.81. The molecule has 2 atom stereocenters. The van der Waals surface area contributed by atoms with E-state index in [0.717, 1.165) is 18.5 Å². The highest BCUT2D eigenvalue weighted by Gasteiger charge is 2.34. The Morgan fingerprint density at radius 2 is 2.18 bits per heavy atom. The monoisotopic (exact) mass is 250 g/mol. The van der Waals surface area contributed by atoms with Crippen LogP contribution in [-0.4, -0.2) is 22.5 Å². The highest BCUT2D eigenvalue weighted by atomic mass is 35.5. The van der Waals surface area contributed by atoms with Gasteiger partial charge >= 0.3 is 0 Å². The quantitative estimate of drug-likeness (QED) is 0.747. The fraction of sp³-hybridized carbons (Fsp3) is 0.643. The number of piperidine rings is 1. The van der Waals surface area contributed by atoms with Crippen LogP contribution in [0.25, 0.3) is 0 Å². The fourth-order valence-electron chi connectivity index (χ4n) is 3.51. The summed E-state index contributed by atoms with van der Waals surface area (Å²) in [5, 5.41) is 0.674. The predicted molar refractivity (Wildman–Crippen MR) is 70.0 cm³/mol. The van der Waals surface area contributed by atoms with Gasteiger partial charge in [-0.2, -0.15) is 0 Å². The maximum absolute atomic E-state index is 6.15. The van der Waals surface area contributed by atoms with Crippen LogP contribution in [0, 0.1) is 5.92 Å². The zero-order chi connectivity index (χ0) is 11.7. The van der Waals surface area contributed by atoms with Gasteiger partial charge in [-0.1, -0.05) is 24.1 Å². The molecule has 2 fully saturated rings. The number of pyridine rings is 1. The molecule has 0 amide bonds. The number of rotatable bonds is 2. The first-order valence-corrected chi connectivity index (χ1v) is 7.06. The third kappa shape index (κ3) is 2.34. The van der Waals surface area contributed by atoms with E-state index in [0.29, 0.717) is 5.15 Å². The summed E-state index contributed by atoms with van der Waals surface area (Å²) < 4.78 is 0. The molecule has 1 aliphatic carbocycles. The minimum Gasteiger partial charge on any atom is -0.296 e. The molecule has 2 nitrogen and oxygen atoms in total. The number of halogens is 1. The van der Waals surface area contributed by atoms with Gasteiger partial charge in [0.25, 0.3) is 0 Å². The van der Waals surface area contributed by atoms with E-state index in [-0.39, 0.29) is 0 Å². The molecule has 2 aliphatic rings. The lowest BCUT2D eigenvalue weighted by Gasteiger charge is -2.37. The van der Waals surface area contributed by atoms with Crippen molar-refractivity contribution in [2.24, 2.45) is 5.92 Å². The predicted octanol–water partition coefficient (Wildman–Crippen LogP) is 3.50. The Labute approximate surface area is 108 Å². The Balaban J connectivity index is 1.74. The van der Waals surface area contributed by atoms with Crippen molar-refractivity contribution in [2.75, 3.05) is 6.54 Å². The van der Waals surface area contributed by atoms with Crippen LogP contribution < -0.4 is 0 Å². The van der Waals surface area contributed by atoms with E-state index in [2.05, 4.69) is 16.0 Å².